The van der Waals surface area contributed by atoms with Crippen LogP contribution in [0.2, 0.25) is 0 Å². The largest absolute Gasteiger partial charge is 0.288 e. The molecule has 0 aliphatic carbocycles. The van der Waals surface area contributed by atoms with Crippen molar-refractivity contribution in [3.05, 3.63) is 71.1 Å². The number of hydrogen-bond acceptors (Lipinski definition) is 3. The van der Waals surface area contributed by atoms with Crippen LogP contribution < -0.4 is 0 Å². The maximum atomic E-state index is 12.3. The van der Waals surface area contributed by atoms with E-state index in [9.17, 15) is 10.1 Å². The van der Waals surface area contributed by atoms with Crippen LogP contribution in [0.4, 0.5) is 0 Å². The van der Waals surface area contributed by atoms with E-state index >= 15 is 0 Å². The smallest absolute Gasteiger partial charge is 0.203 e. The summed E-state index contributed by atoms with van der Waals surface area (Å²) in [6, 6.07) is 12.9. The molecule has 1 aromatic carbocycles. The van der Waals surface area contributed by atoms with E-state index in [0.717, 1.165) is 18.4 Å². The molecule has 0 fully saturated rings. The van der Waals surface area contributed by atoms with E-state index in [0.29, 0.717) is 5.56 Å². The van der Waals surface area contributed by atoms with Gasteiger partial charge in [-0.25, -0.2) is 0 Å². The van der Waals surface area contributed by atoms with Crippen molar-refractivity contribution in [3.8, 4) is 6.07 Å². The third-order valence-electron chi connectivity index (χ3n) is 3.14. The first-order valence-electron chi connectivity index (χ1n) is 6.90. The molecule has 2 rings (SSSR count). The quantitative estimate of drug-likeness (QED) is 0.474. The van der Waals surface area contributed by atoms with Gasteiger partial charge in [-0.2, -0.15) is 5.26 Å². The highest BCUT2D eigenvalue weighted by Gasteiger charge is 2.11. The lowest BCUT2D eigenvalue weighted by Gasteiger charge is -2.02. The molecule has 2 aromatic rings. The van der Waals surface area contributed by atoms with Gasteiger partial charge in [0, 0.05) is 18.0 Å². The van der Waals surface area contributed by atoms with Crippen LogP contribution >= 0.6 is 0 Å². The van der Waals surface area contributed by atoms with Crippen molar-refractivity contribution in [1.29, 1.82) is 5.26 Å². The fourth-order valence-corrected chi connectivity index (χ4v) is 2.04. The molecule has 0 bridgehead atoms. The zero-order valence-electron chi connectivity index (χ0n) is 11.9. The Kier molecular flexibility index (Phi) is 5.00. The normalized spacial score (nSPS) is 11.0. The van der Waals surface area contributed by atoms with E-state index < -0.39 is 0 Å². The van der Waals surface area contributed by atoms with E-state index in [-0.39, 0.29) is 11.4 Å². The maximum Gasteiger partial charge on any atom is 0.203 e. The number of ketones is 1. The lowest BCUT2D eigenvalue weighted by molar-refractivity contribution is 0.104. The van der Waals surface area contributed by atoms with Gasteiger partial charge in [0.25, 0.3) is 0 Å². The zero-order chi connectivity index (χ0) is 15.1. The second kappa shape index (κ2) is 7.16. The number of nitrogens with zero attached hydrogens (tertiary/aromatic N) is 2. The Bertz CT molecular complexity index is 679. The Morgan fingerprint density at radius 3 is 2.43 bits per heavy atom. The molecule has 3 heteroatoms. The number of Topliss-reactive ketones (excluding diaryl/α,β-unsaturated/α-hetero) is 1. The van der Waals surface area contributed by atoms with Gasteiger partial charge in [-0.3, -0.25) is 9.78 Å². The number of aromatic nitrogens is 1. The standard InChI is InChI=1S/C18H16N2O/c1-2-3-14-4-6-16(7-5-14)18(21)17(13-19)12-15-8-10-20-11-9-15/h4-12H,2-3H2,1H3/b17-12+. The summed E-state index contributed by atoms with van der Waals surface area (Å²) in [7, 11) is 0. The Morgan fingerprint density at radius 2 is 1.86 bits per heavy atom. The number of allylic oxidation sites excluding steroid dienone is 1. The topological polar surface area (TPSA) is 53.8 Å². The van der Waals surface area contributed by atoms with Crippen molar-refractivity contribution in [3.63, 3.8) is 0 Å². The van der Waals surface area contributed by atoms with E-state index in [1.807, 2.05) is 18.2 Å². The molecule has 0 N–H and O–H groups in total. The van der Waals surface area contributed by atoms with Crippen molar-refractivity contribution in [1.82, 2.24) is 4.98 Å². The van der Waals surface area contributed by atoms with Crippen LogP contribution in [0.15, 0.2) is 54.4 Å². The number of rotatable bonds is 5. The van der Waals surface area contributed by atoms with Gasteiger partial charge in [-0.15, -0.1) is 0 Å². The van der Waals surface area contributed by atoms with Gasteiger partial charge >= 0.3 is 0 Å². The number of benzene rings is 1. The van der Waals surface area contributed by atoms with Gasteiger partial charge < -0.3 is 0 Å². The summed E-state index contributed by atoms with van der Waals surface area (Å²) >= 11 is 0. The molecule has 0 saturated carbocycles. The second-order valence-electron chi connectivity index (χ2n) is 4.73. The predicted molar refractivity (Wildman–Crippen MR) is 82.6 cm³/mol. The van der Waals surface area contributed by atoms with E-state index in [1.165, 1.54) is 5.56 Å². The number of carbonyl (C=O) groups excluding carboxylic acids is 1. The van der Waals surface area contributed by atoms with Crippen molar-refractivity contribution in [2.75, 3.05) is 0 Å². The Labute approximate surface area is 124 Å². The molecule has 21 heavy (non-hydrogen) atoms. The highest BCUT2D eigenvalue weighted by atomic mass is 16.1. The molecule has 0 saturated heterocycles. The summed E-state index contributed by atoms with van der Waals surface area (Å²) in [6.45, 7) is 2.12. The van der Waals surface area contributed by atoms with Crippen LogP contribution in [0.5, 0.6) is 0 Å². The minimum atomic E-state index is -0.252. The molecule has 104 valence electrons. The Balaban J connectivity index is 2.25. The molecule has 0 unspecified atom stereocenters. The van der Waals surface area contributed by atoms with Crippen LogP contribution in [0.3, 0.4) is 0 Å². The number of aryl methyl sites for hydroxylation is 1. The van der Waals surface area contributed by atoms with Crippen molar-refractivity contribution in [2.24, 2.45) is 0 Å². The van der Waals surface area contributed by atoms with Crippen LogP contribution in [0.25, 0.3) is 6.08 Å². The molecule has 0 radical (unpaired) electrons. The predicted octanol–water partition coefficient (Wildman–Crippen LogP) is 3.82. The van der Waals surface area contributed by atoms with Gasteiger partial charge in [0.1, 0.15) is 11.6 Å². The molecule has 0 atom stereocenters. The van der Waals surface area contributed by atoms with E-state index in [4.69, 9.17) is 0 Å². The van der Waals surface area contributed by atoms with Gasteiger partial charge in [-0.05, 0) is 35.8 Å². The Morgan fingerprint density at radius 1 is 1.19 bits per heavy atom. The summed E-state index contributed by atoms with van der Waals surface area (Å²) in [4.78, 5) is 16.3. The van der Waals surface area contributed by atoms with Gasteiger partial charge in [-0.1, -0.05) is 37.6 Å². The molecule has 3 nitrogen and oxygen atoms in total. The molecule has 0 aliphatic heterocycles. The fourth-order valence-electron chi connectivity index (χ4n) is 2.04. The van der Waals surface area contributed by atoms with Crippen molar-refractivity contribution >= 4 is 11.9 Å². The SMILES string of the molecule is CCCc1ccc(C(=O)/C(C#N)=C/c2ccncc2)cc1. The highest BCUT2D eigenvalue weighted by Crippen LogP contribution is 2.14. The minimum absolute atomic E-state index is 0.129. The van der Waals surface area contributed by atoms with Crippen molar-refractivity contribution < 1.29 is 4.79 Å². The number of hydrogen-bond donors (Lipinski definition) is 0. The van der Waals surface area contributed by atoms with Gasteiger partial charge in [0.05, 0.1) is 0 Å². The number of pyridine rings is 1. The molecular formula is C18H16N2O. The lowest BCUT2D eigenvalue weighted by Crippen LogP contribution is -2.02. The molecule has 1 heterocycles. The fraction of sp³-hybridized carbons (Fsp3) is 0.167. The second-order valence-corrected chi connectivity index (χ2v) is 4.73. The zero-order valence-corrected chi connectivity index (χ0v) is 11.9. The number of nitriles is 1. The maximum absolute atomic E-state index is 12.3. The molecule has 1 aromatic heterocycles. The molecule has 0 spiro atoms. The van der Waals surface area contributed by atoms with E-state index in [2.05, 4.69) is 11.9 Å². The van der Waals surface area contributed by atoms with E-state index in [1.54, 1.807) is 42.7 Å². The molecule has 0 aliphatic rings. The molecule has 0 amide bonds. The van der Waals surface area contributed by atoms with Crippen LogP contribution in [0.1, 0.15) is 34.8 Å². The van der Waals surface area contributed by atoms with Gasteiger partial charge in [0.15, 0.2) is 0 Å². The first kappa shape index (κ1) is 14.7. The summed E-state index contributed by atoms with van der Waals surface area (Å²) < 4.78 is 0. The van der Waals surface area contributed by atoms with Crippen LogP contribution in [-0.4, -0.2) is 10.8 Å². The summed E-state index contributed by atoms with van der Waals surface area (Å²) in [5.41, 5.74) is 2.66. The van der Waals surface area contributed by atoms with Crippen LogP contribution in [0, 0.1) is 11.3 Å². The first-order chi connectivity index (χ1) is 10.2. The third-order valence-corrected chi connectivity index (χ3v) is 3.14. The molecular weight excluding hydrogens is 260 g/mol. The van der Waals surface area contributed by atoms with Gasteiger partial charge in [0.2, 0.25) is 5.78 Å². The summed E-state index contributed by atoms with van der Waals surface area (Å²) in [5, 5.41) is 9.20. The average molecular weight is 276 g/mol. The average Bonchev–Trinajstić information content (AvgIpc) is 2.54. The monoisotopic (exact) mass is 276 g/mol. The highest BCUT2D eigenvalue weighted by molar-refractivity contribution is 6.14. The summed E-state index contributed by atoms with van der Waals surface area (Å²) in [6.07, 6.45) is 6.91. The van der Waals surface area contributed by atoms with Crippen LogP contribution in [-0.2, 0) is 6.42 Å². The van der Waals surface area contributed by atoms with Crippen molar-refractivity contribution in [2.45, 2.75) is 19.8 Å². The minimum Gasteiger partial charge on any atom is -0.288 e. The summed E-state index contributed by atoms with van der Waals surface area (Å²) in [5.74, 6) is -0.252. The third kappa shape index (κ3) is 3.87. The number of carbonyl (C=O) groups is 1. The first-order valence-corrected chi connectivity index (χ1v) is 6.90. The lowest BCUT2D eigenvalue weighted by atomic mass is 10.00. The Hall–Kier alpha value is -2.73.